The van der Waals surface area contributed by atoms with Gasteiger partial charge in [-0.3, -0.25) is 4.79 Å². The number of aliphatic hydroxyl groups is 1. The molecule has 1 amide bonds. The van der Waals surface area contributed by atoms with E-state index in [0.717, 1.165) is 11.8 Å². The molecule has 3 N–H and O–H groups in total. The largest absolute Gasteiger partial charge is 0.516 e. The molecule has 3 heteroatoms. The fourth-order valence-corrected chi connectivity index (χ4v) is 0.650. The number of aliphatic hydroxyl groups excluding tert-OH is 1. The second kappa shape index (κ2) is 7.38. The van der Waals surface area contributed by atoms with Crippen LogP contribution in [0.1, 0.15) is 12.5 Å². The topological polar surface area (TPSA) is 63.3 Å². The number of hydrogen-bond acceptors (Lipinski definition) is 2. The highest BCUT2D eigenvalue weighted by Gasteiger charge is 1.86. The summed E-state index contributed by atoms with van der Waals surface area (Å²) >= 11 is 0. The summed E-state index contributed by atoms with van der Waals surface area (Å²) in [7, 11) is 0. The van der Waals surface area contributed by atoms with Crippen molar-refractivity contribution >= 4 is 12.0 Å². The average Bonchev–Trinajstić information content (AvgIpc) is 2.20. The van der Waals surface area contributed by atoms with Gasteiger partial charge in [0.1, 0.15) is 0 Å². The van der Waals surface area contributed by atoms with Crippen molar-refractivity contribution in [1.82, 2.24) is 0 Å². The van der Waals surface area contributed by atoms with E-state index in [9.17, 15) is 4.79 Å². The number of amides is 1. The van der Waals surface area contributed by atoms with Crippen molar-refractivity contribution < 1.29 is 9.90 Å². The minimum atomic E-state index is -0.435. The first-order valence-corrected chi connectivity index (χ1v) is 4.39. The van der Waals surface area contributed by atoms with Gasteiger partial charge in [-0.15, -0.1) is 0 Å². The highest BCUT2D eigenvalue weighted by atomic mass is 16.2. The summed E-state index contributed by atoms with van der Waals surface area (Å²) < 4.78 is 0. The van der Waals surface area contributed by atoms with Gasteiger partial charge in [0.05, 0.1) is 6.26 Å². The van der Waals surface area contributed by atoms with E-state index in [2.05, 4.69) is 6.58 Å². The van der Waals surface area contributed by atoms with Crippen LogP contribution in [-0.4, -0.2) is 11.0 Å². The number of benzene rings is 1. The molecule has 0 saturated heterocycles. The van der Waals surface area contributed by atoms with Gasteiger partial charge < -0.3 is 10.8 Å². The number of primary amides is 1. The van der Waals surface area contributed by atoms with Crippen LogP contribution in [0.5, 0.6) is 0 Å². The predicted molar refractivity (Wildman–Crippen MR) is 62.1 cm³/mol. The molecule has 1 rings (SSSR count). The molecule has 15 heavy (non-hydrogen) atoms. The Hall–Kier alpha value is -2.03. The van der Waals surface area contributed by atoms with Gasteiger partial charge in [0, 0.05) is 5.57 Å². The fraction of sp³-hybridized carbons (Fsp3) is 0.0833. The highest BCUT2D eigenvalue weighted by molar-refractivity contribution is 5.90. The van der Waals surface area contributed by atoms with Crippen molar-refractivity contribution in [3.05, 3.63) is 54.3 Å². The molecule has 0 heterocycles. The molecule has 80 valence electrons. The molecule has 0 aliphatic rings. The molecule has 0 unspecified atom stereocenters. The van der Waals surface area contributed by atoms with E-state index in [1.54, 1.807) is 13.0 Å². The predicted octanol–water partition coefficient (Wildman–Crippen LogP) is 2.26. The van der Waals surface area contributed by atoms with E-state index in [4.69, 9.17) is 10.8 Å². The lowest BCUT2D eigenvalue weighted by Crippen LogP contribution is -2.10. The van der Waals surface area contributed by atoms with E-state index in [1.165, 1.54) is 0 Å². The minimum Gasteiger partial charge on any atom is -0.516 e. The van der Waals surface area contributed by atoms with Crippen LogP contribution in [0.2, 0.25) is 0 Å². The summed E-state index contributed by atoms with van der Waals surface area (Å²) in [6.45, 7) is 4.85. The lowest BCUT2D eigenvalue weighted by Gasteiger charge is -1.86. The van der Waals surface area contributed by atoms with Crippen molar-refractivity contribution in [3.63, 3.8) is 0 Å². The number of carbonyl (C=O) groups is 1. The monoisotopic (exact) mass is 205 g/mol. The van der Waals surface area contributed by atoms with Crippen molar-refractivity contribution in [2.45, 2.75) is 6.92 Å². The van der Waals surface area contributed by atoms with Crippen LogP contribution in [0.15, 0.2) is 48.7 Å². The van der Waals surface area contributed by atoms with Crippen LogP contribution in [0, 0.1) is 0 Å². The summed E-state index contributed by atoms with van der Waals surface area (Å²) in [5, 5.41) is 8.34. The first-order chi connectivity index (χ1) is 7.07. The van der Waals surface area contributed by atoms with Crippen molar-refractivity contribution in [2.75, 3.05) is 0 Å². The van der Waals surface area contributed by atoms with Crippen molar-refractivity contribution in [1.29, 1.82) is 0 Å². The van der Waals surface area contributed by atoms with Crippen LogP contribution < -0.4 is 5.73 Å². The van der Waals surface area contributed by atoms with E-state index in [0.29, 0.717) is 5.57 Å². The maximum absolute atomic E-state index is 9.82. The van der Waals surface area contributed by atoms with Crippen molar-refractivity contribution in [2.24, 2.45) is 5.73 Å². The van der Waals surface area contributed by atoms with E-state index < -0.39 is 5.91 Å². The lowest BCUT2D eigenvalue weighted by atomic mass is 10.2. The van der Waals surface area contributed by atoms with E-state index in [-0.39, 0.29) is 0 Å². The Morgan fingerprint density at radius 2 is 1.87 bits per heavy atom. The number of rotatable bonds is 2. The molecule has 0 atom stereocenters. The first kappa shape index (κ1) is 13.0. The minimum absolute atomic E-state index is 0.398. The molecule has 0 aromatic heterocycles. The van der Waals surface area contributed by atoms with Gasteiger partial charge in [-0.05, 0) is 18.6 Å². The molecule has 0 spiro atoms. The van der Waals surface area contributed by atoms with Gasteiger partial charge >= 0.3 is 0 Å². The SMILES string of the molecule is C=C(C)C(N)=O.OC=Cc1ccccc1. The molecule has 0 aliphatic heterocycles. The molecule has 0 radical (unpaired) electrons. The maximum atomic E-state index is 9.82. The third kappa shape index (κ3) is 7.07. The second-order valence-corrected chi connectivity index (χ2v) is 2.87. The van der Waals surface area contributed by atoms with E-state index in [1.807, 2.05) is 30.3 Å². The summed E-state index contributed by atoms with van der Waals surface area (Å²) in [6, 6.07) is 9.64. The molecule has 1 aromatic carbocycles. The smallest absolute Gasteiger partial charge is 0.243 e. The Bertz CT molecular complexity index is 330. The molecular weight excluding hydrogens is 190 g/mol. The summed E-state index contributed by atoms with van der Waals surface area (Å²) in [6.07, 6.45) is 2.68. The summed E-state index contributed by atoms with van der Waals surface area (Å²) in [5.74, 6) is -0.435. The molecule has 1 aromatic rings. The number of nitrogens with two attached hydrogens (primary N) is 1. The Morgan fingerprint density at radius 3 is 2.20 bits per heavy atom. The zero-order chi connectivity index (χ0) is 11.7. The highest BCUT2D eigenvalue weighted by Crippen LogP contribution is 1.98. The number of hydrogen-bond donors (Lipinski definition) is 2. The Morgan fingerprint density at radius 1 is 1.40 bits per heavy atom. The van der Waals surface area contributed by atoms with E-state index >= 15 is 0 Å². The Labute approximate surface area is 89.5 Å². The molecular formula is C12H15NO2. The van der Waals surface area contributed by atoms with Gasteiger partial charge in [-0.2, -0.15) is 0 Å². The molecule has 0 saturated carbocycles. The second-order valence-electron chi connectivity index (χ2n) is 2.87. The van der Waals surface area contributed by atoms with Crippen LogP contribution >= 0.6 is 0 Å². The van der Waals surface area contributed by atoms with Crippen LogP contribution in [-0.2, 0) is 4.79 Å². The summed E-state index contributed by atoms with van der Waals surface area (Å²) in [5.41, 5.74) is 6.11. The molecule has 0 fully saturated rings. The normalized spacial score (nSPS) is 9.13. The third-order valence-corrected chi connectivity index (χ3v) is 1.49. The molecule has 0 aliphatic carbocycles. The quantitative estimate of drug-likeness (QED) is 0.574. The van der Waals surface area contributed by atoms with Gasteiger partial charge in [0.25, 0.3) is 0 Å². The van der Waals surface area contributed by atoms with Crippen molar-refractivity contribution in [3.8, 4) is 0 Å². The van der Waals surface area contributed by atoms with Gasteiger partial charge in [0.2, 0.25) is 5.91 Å². The molecule has 3 nitrogen and oxygen atoms in total. The third-order valence-electron chi connectivity index (χ3n) is 1.49. The Balaban J connectivity index is 0.000000288. The van der Waals surface area contributed by atoms with Gasteiger partial charge in [0.15, 0.2) is 0 Å². The fourth-order valence-electron chi connectivity index (χ4n) is 0.650. The van der Waals surface area contributed by atoms with Crippen LogP contribution in [0.25, 0.3) is 6.08 Å². The van der Waals surface area contributed by atoms with Crippen LogP contribution in [0.3, 0.4) is 0 Å². The average molecular weight is 205 g/mol. The lowest BCUT2D eigenvalue weighted by molar-refractivity contribution is -0.114. The summed E-state index contributed by atoms with van der Waals surface area (Å²) in [4.78, 5) is 9.82. The maximum Gasteiger partial charge on any atom is 0.243 e. The first-order valence-electron chi connectivity index (χ1n) is 4.39. The van der Waals surface area contributed by atoms with Gasteiger partial charge in [-0.25, -0.2) is 0 Å². The standard InChI is InChI=1S/C8H8O.C4H7NO/c9-7-6-8-4-2-1-3-5-8;1-3(2)4(5)6/h1-7,9H;1H2,2H3,(H2,5,6). The zero-order valence-corrected chi connectivity index (χ0v) is 8.68. The Kier molecular flexibility index (Phi) is 6.38. The van der Waals surface area contributed by atoms with Gasteiger partial charge in [-0.1, -0.05) is 36.9 Å². The number of carbonyl (C=O) groups excluding carboxylic acids is 1. The zero-order valence-electron chi connectivity index (χ0n) is 8.68. The molecule has 0 bridgehead atoms. The van der Waals surface area contributed by atoms with Crippen LogP contribution in [0.4, 0.5) is 0 Å².